The monoisotopic (exact) mass is 286 g/mol. The zero-order valence-corrected chi connectivity index (χ0v) is 10.8. The van der Waals surface area contributed by atoms with Crippen molar-refractivity contribution in [2.45, 2.75) is 19.3 Å². The highest BCUT2D eigenvalue weighted by atomic mass is 79.9. The zero-order chi connectivity index (χ0) is 11.4. The van der Waals surface area contributed by atoms with E-state index in [1.54, 1.807) is 0 Å². The SMILES string of the molecule is Fc1ccc(CC2(CBr)CCCOC2)cc1. The van der Waals surface area contributed by atoms with Crippen LogP contribution in [-0.4, -0.2) is 18.5 Å². The molecule has 0 radical (unpaired) electrons. The summed E-state index contributed by atoms with van der Waals surface area (Å²) in [6.07, 6.45) is 3.25. The lowest BCUT2D eigenvalue weighted by Crippen LogP contribution is -2.35. The van der Waals surface area contributed by atoms with Gasteiger partial charge in [-0.2, -0.15) is 0 Å². The molecule has 0 aliphatic carbocycles. The van der Waals surface area contributed by atoms with E-state index in [-0.39, 0.29) is 11.2 Å². The molecule has 3 heteroatoms. The van der Waals surface area contributed by atoms with Crippen LogP contribution in [0.25, 0.3) is 0 Å². The first kappa shape index (κ1) is 12.1. The second kappa shape index (κ2) is 5.28. The van der Waals surface area contributed by atoms with Crippen LogP contribution in [0.2, 0.25) is 0 Å². The van der Waals surface area contributed by atoms with E-state index in [1.807, 2.05) is 12.1 Å². The number of alkyl halides is 1. The molecule has 1 atom stereocenters. The number of halogens is 2. The largest absolute Gasteiger partial charge is 0.381 e. The van der Waals surface area contributed by atoms with Crippen molar-refractivity contribution >= 4 is 15.9 Å². The second-order valence-electron chi connectivity index (χ2n) is 4.59. The molecule has 0 saturated carbocycles. The van der Waals surface area contributed by atoms with Gasteiger partial charge in [-0.1, -0.05) is 28.1 Å². The van der Waals surface area contributed by atoms with Crippen molar-refractivity contribution in [2.75, 3.05) is 18.5 Å². The fourth-order valence-corrected chi connectivity index (χ4v) is 2.88. The predicted molar refractivity (Wildman–Crippen MR) is 66.4 cm³/mol. The van der Waals surface area contributed by atoms with E-state index in [9.17, 15) is 4.39 Å². The van der Waals surface area contributed by atoms with Gasteiger partial charge in [0, 0.05) is 17.4 Å². The number of hydrogen-bond donors (Lipinski definition) is 0. The summed E-state index contributed by atoms with van der Waals surface area (Å²) in [5, 5.41) is 0.942. The highest BCUT2D eigenvalue weighted by Gasteiger charge is 2.31. The molecule has 1 heterocycles. The molecule has 0 spiro atoms. The van der Waals surface area contributed by atoms with Crippen molar-refractivity contribution in [3.63, 3.8) is 0 Å². The van der Waals surface area contributed by atoms with E-state index in [1.165, 1.54) is 24.1 Å². The van der Waals surface area contributed by atoms with Crippen LogP contribution in [0, 0.1) is 11.2 Å². The summed E-state index contributed by atoms with van der Waals surface area (Å²) in [5.41, 5.74) is 1.38. The minimum atomic E-state index is -0.170. The van der Waals surface area contributed by atoms with Gasteiger partial charge in [0.1, 0.15) is 5.82 Å². The Balaban J connectivity index is 2.08. The molecular formula is C13H16BrFO. The lowest BCUT2D eigenvalue weighted by molar-refractivity contribution is 0.00614. The van der Waals surface area contributed by atoms with Gasteiger partial charge in [-0.25, -0.2) is 4.39 Å². The van der Waals surface area contributed by atoms with Crippen LogP contribution in [0.4, 0.5) is 4.39 Å². The van der Waals surface area contributed by atoms with Gasteiger partial charge in [-0.3, -0.25) is 0 Å². The van der Waals surface area contributed by atoms with Crippen LogP contribution in [0.15, 0.2) is 24.3 Å². The minimum Gasteiger partial charge on any atom is -0.381 e. The molecule has 1 fully saturated rings. The first-order valence-corrected chi connectivity index (χ1v) is 6.74. The maximum atomic E-state index is 12.8. The van der Waals surface area contributed by atoms with E-state index in [4.69, 9.17) is 4.74 Å². The van der Waals surface area contributed by atoms with Gasteiger partial charge in [0.25, 0.3) is 0 Å². The van der Waals surface area contributed by atoms with Crippen LogP contribution in [0.1, 0.15) is 18.4 Å². The fraction of sp³-hybridized carbons (Fsp3) is 0.538. The first-order chi connectivity index (χ1) is 7.74. The predicted octanol–water partition coefficient (Wildman–Crippen LogP) is 3.56. The molecule has 1 aliphatic rings. The average Bonchev–Trinajstić information content (AvgIpc) is 2.33. The number of ether oxygens (including phenoxy) is 1. The van der Waals surface area contributed by atoms with Gasteiger partial charge in [-0.15, -0.1) is 0 Å². The van der Waals surface area contributed by atoms with Crippen LogP contribution >= 0.6 is 15.9 Å². The van der Waals surface area contributed by atoms with E-state index >= 15 is 0 Å². The topological polar surface area (TPSA) is 9.23 Å². The van der Waals surface area contributed by atoms with Gasteiger partial charge in [0.2, 0.25) is 0 Å². The fourth-order valence-electron chi connectivity index (χ4n) is 2.24. The highest BCUT2D eigenvalue weighted by Crippen LogP contribution is 2.34. The summed E-state index contributed by atoms with van der Waals surface area (Å²) >= 11 is 3.59. The van der Waals surface area contributed by atoms with Crippen LogP contribution in [0.3, 0.4) is 0 Å². The summed E-state index contributed by atoms with van der Waals surface area (Å²) in [7, 11) is 0. The molecule has 16 heavy (non-hydrogen) atoms. The number of benzene rings is 1. The number of rotatable bonds is 3. The van der Waals surface area contributed by atoms with Gasteiger partial charge in [0.15, 0.2) is 0 Å². The zero-order valence-electron chi connectivity index (χ0n) is 9.22. The summed E-state index contributed by atoms with van der Waals surface area (Å²) in [6.45, 7) is 1.67. The maximum Gasteiger partial charge on any atom is 0.123 e. The van der Waals surface area contributed by atoms with Crippen molar-refractivity contribution in [1.82, 2.24) is 0 Å². The Morgan fingerprint density at radius 1 is 1.31 bits per heavy atom. The Kier molecular flexibility index (Phi) is 3.98. The van der Waals surface area contributed by atoms with Crippen molar-refractivity contribution in [2.24, 2.45) is 5.41 Å². The van der Waals surface area contributed by atoms with Crippen molar-refractivity contribution in [3.05, 3.63) is 35.6 Å². The van der Waals surface area contributed by atoms with Gasteiger partial charge < -0.3 is 4.74 Å². The first-order valence-electron chi connectivity index (χ1n) is 5.62. The third kappa shape index (κ3) is 2.83. The van der Waals surface area contributed by atoms with Gasteiger partial charge in [0.05, 0.1) is 6.61 Å². The van der Waals surface area contributed by atoms with Gasteiger partial charge >= 0.3 is 0 Å². The van der Waals surface area contributed by atoms with Crippen molar-refractivity contribution < 1.29 is 9.13 Å². The van der Waals surface area contributed by atoms with Crippen LogP contribution in [-0.2, 0) is 11.2 Å². The third-order valence-corrected chi connectivity index (χ3v) is 4.37. The molecule has 2 rings (SSSR count). The Labute approximate surface area is 104 Å². The van der Waals surface area contributed by atoms with E-state index in [2.05, 4.69) is 15.9 Å². The molecule has 1 aliphatic heterocycles. The van der Waals surface area contributed by atoms with Gasteiger partial charge in [-0.05, 0) is 37.0 Å². The van der Waals surface area contributed by atoms with E-state index in [0.29, 0.717) is 0 Å². The Morgan fingerprint density at radius 3 is 2.62 bits per heavy atom. The maximum absolute atomic E-state index is 12.8. The smallest absolute Gasteiger partial charge is 0.123 e. The van der Waals surface area contributed by atoms with E-state index in [0.717, 1.165) is 31.4 Å². The quantitative estimate of drug-likeness (QED) is 0.772. The molecule has 88 valence electrons. The third-order valence-electron chi connectivity index (χ3n) is 3.18. The Hall–Kier alpha value is -0.410. The second-order valence-corrected chi connectivity index (χ2v) is 5.15. The molecule has 1 aromatic rings. The van der Waals surface area contributed by atoms with E-state index < -0.39 is 0 Å². The summed E-state index contributed by atoms with van der Waals surface area (Å²) in [5.74, 6) is -0.170. The minimum absolute atomic E-state index is 0.170. The van der Waals surface area contributed by atoms with Crippen LogP contribution < -0.4 is 0 Å². The molecule has 0 N–H and O–H groups in total. The molecule has 0 aromatic heterocycles. The van der Waals surface area contributed by atoms with Crippen LogP contribution in [0.5, 0.6) is 0 Å². The Bertz CT molecular complexity index is 330. The molecule has 0 bridgehead atoms. The highest BCUT2D eigenvalue weighted by molar-refractivity contribution is 9.09. The number of hydrogen-bond acceptors (Lipinski definition) is 1. The summed E-state index contributed by atoms with van der Waals surface area (Å²) < 4.78 is 18.4. The Morgan fingerprint density at radius 2 is 2.06 bits per heavy atom. The lowest BCUT2D eigenvalue weighted by atomic mass is 9.79. The average molecular weight is 287 g/mol. The molecule has 1 aromatic carbocycles. The molecule has 0 amide bonds. The molecular weight excluding hydrogens is 271 g/mol. The summed E-state index contributed by atoms with van der Waals surface area (Å²) in [4.78, 5) is 0. The lowest BCUT2D eigenvalue weighted by Gasteiger charge is -2.35. The summed E-state index contributed by atoms with van der Waals surface area (Å²) in [6, 6.07) is 6.80. The molecule has 1 unspecified atom stereocenters. The normalized spacial score (nSPS) is 25.6. The molecule has 1 saturated heterocycles. The standard InChI is InChI=1S/C13H16BrFO/c14-9-13(6-1-7-16-10-13)8-11-2-4-12(15)5-3-11/h2-5H,1,6-10H2. The van der Waals surface area contributed by atoms with Crippen molar-refractivity contribution in [1.29, 1.82) is 0 Å². The van der Waals surface area contributed by atoms with Crippen molar-refractivity contribution in [3.8, 4) is 0 Å². The molecule has 1 nitrogen and oxygen atoms in total.